The summed E-state index contributed by atoms with van der Waals surface area (Å²) in [5.74, 6) is 0.211. The van der Waals surface area contributed by atoms with Crippen LogP contribution in [0.25, 0.3) is 0 Å². The molecule has 1 saturated carbocycles. The summed E-state index contributed by atoms with van der Waals surface area (Å²) >= 11 is 5.63. The number of nitrogens with zero attached hydrogens (tertiary/aromatic N) is 5. The lowest BCUT2D eigenvalue weighted by Crippen LogP contribution is -2.55. The van der Waals surface area contributed by atoms with E-state index in [1.54, 1.807) is 36.2 Å². The van der Waals surface area contributed by atoms with E-state index in [-0.39, 0.29) is 21.6 Å². The zero-order valence-electron chi connectivity index (χ0n) is 20.0. The highest BCUT2D eigenvalue weighted by molar-refractivity contribution is 7.81. The third-order valence-corrected chi connectivity index (χ3v) is 7.75. The first-order chi connectivity index (χ1) is 17.4. The molecule has 0 radical (unpaired) electrons. The maximum absolute atomic E-state index is 13.6. The Kier molecular flexibility index (Phi) is 6.13. The van der Waals surface area contributed by atoms with E-state index in [9.17, 15) is 23.2 Å². The number of alkyl halides is 3. The summed E-state index contributed by atoms with van der Waals surface area (Å²) in [6.07, 6.45) is -0.701. The number of amides is 1. The van der Waals surface area contributed by atoms with Gasteiger partial charge in [-0.15, -0.1) is 0 Å². The van der Waals surface area contributed by atoms with Crippen LogP contribution in [0.5, 0.6) is 5.75 Å². The SMILES string of the molecule is C[N+]1([O-])CCC(Oc2ccc(N3C(=S)N(c4cnc(C#N)c(C(F)(F)F)c4)C(=O)C34CCC4)cc2)CC1. The van der Waals surface area contributed by atoms with Crippen molar-refractivity contribution in [2.24, 2.45) is 0 Å². The van der Waals surface area contributed by atoms with E-state index in [1.807, 2.05) is 0 Å². The fourth-order valence-electron chi connectivity index (χ4n) is 5.16. The van der Waals surface area contributed by atoms with E-state index in [4.69, 9.17) is 22.2 Å². The van der Waals surface area contributed by atoms with Crippen molar-refractivity contribution in [1.29, 1.82) is 5.26 Å². The Morgan fingerprint density at radius 2 is 1.86 bits per heavy atom. The second-order valence-electron chi connectivity index (χ2n) is 9.90. The first-order valence-corrected chi connectivity index (χ1v) is 12.3. The maximum Gasteiger partial charge on any atom is 0.419 e. The Balaban J connectivity index is 1.42. The molecule has 0 N–H and O–H groups in total. The maximum atomic E-state index is 13.6. The number of carbonyl (C=O) groups excluding carboxylic acids is 1. The number of carbonyl (C=O) groups is 1. The number of halogens is 3. The van der Waals surface area contributed by atoms with E-state index in [1.165, 1.54) is 6.07 Å². The van der Waals surface area contributed by atoms with Gasteiger partial charge >= 0.3 is 6.18 Å². The minimum atomic E-state index is -4.81. The first-order valence-electron chi connectivity index (χ1n) is 11.9. The zero-order chi connectivity index (χ0) is 26.6. The number of anilines is 2. The number of ether oxygens (including phenoxy) is 1. The molecule has 194 valence electrons. The highest BCUT2D eigenvalue weighted by Gasteiger charge is 2.59. The van der Waals surface area contributed by atoms with E-state index in [2.05, 4.69) is 4.98 Å². The summed E-state index contributed by atoms with van der Waals surface area (Å²) in [5.41, 5.74) is -2.47. The molecule has 2 aliphatic heterocycles. The van der Waals surface area contributed by atoms with Crippen LogP contribution < -0.4 is 14.5 Å². The molecule has 1 aromatic heterocycles. The number of rotatable bonds is 4. The quantitative estimate of drug-likeness (QED) is 0.325. The smallest absolute Gasteiger partial charge is 0.419 e. The molecule has 0 unspecified atom stereocenters. The number of aromatic nitrogens is 1. The normalized spacial score (nSPS) is 25.2. The molecule has 2 saturated heterocycles. The molecular weight excluding hydrogens is 507 g/mol. The number of nitriles is 1. The lowest BCUT2D eigenvalue weighted by Gasteiger charge is -2.44. The standard InChI is InChI=1S/C25H24F3N5O3S/c1-33(35)11-7-19(8-12-33)36-18-5-3-16(4-6-18)32-23(37)31(22(34)24(32)9-2-10-24)17-13-20(25(26,27)28)21(14-29)30-15-17/h3-6,13,15,19H,2,7-12H2,1H3. The van der Waals surface area contributed by atoms with Crippen LogP contribution in [0.2, 0.25) is 0 Å². The van der Waals surface area contributed by atoms with Gasteiger partial charge in [-0.1, -0.05) is 0 Å². The molecule has 1 spiro atoms. The molecule has 1 aliphatic carbocycles. The average molecular weight is 532 g/mol. The minimum Gasteiger partial charge on any atom is -0.633 e. The van der Waals surface area contributed by atoms with Crippen LogP contribution in [0.15, 0.2) is 36.5 Å². The van der Waals surface area contributed by atoms with Crippen molar-refractivity contribution in [3.63, 3.8) is 0 Å². The summed E-state index contributed by atoms with van der Waals surface area (Å²) in [4.78, 5) is 20.0. The number of quaternary nitrogens is 1. The van der Waals surface area contributed by atoms with Gasteiger partial charge < -0.3 is 19.5 Å². The largest absolute Gasteiger partial charge is 0.633 e. The van der Waals surface area contributed by atoms with Gasteiger partial charge in [0.05, 0.1) is 37.6 Å². The Morgan fingerprint density at radius 1 is 1.22 bits per heavy atom. The molecule has 12 heteroatoms. The molecule has 1 aromatic carbocycles. The minimum absolute atomic E-state index is 0.0535. The van der Waals surface area contributed by atoms with Gasteiger partial charge in [0.25, 0.3) is 5.91 Å². The van der Waals surface area contributed by atoms with Crippen LogP contribution in [0.1, 0.15) is 43.4 Å². The van der Waals surface area contributed by atoms with Crippen LogP contribution in [-0.4, -0.2) is 52.4 Å². The average Bonchev–Trinajstić information content (AvgIpc) is 3.06. The van der Waals surface area contributed by atoms with E-state index in [0.717, 1.165) is 23.6 Å². The number of benzene rings is 1. The number of hydrogen-bond donors (Lipinski definition) is 0. The Morgan fingerprint density at radius 3 is 2.41 bits per heavy atom. The van der Waals surface area contributed by atoms with Crippen LogP contribution >= 0.6 is 12.2 Å². The van der Waals surface area contributed by atoms with Gasteiger partial charge in [-0.25, -0.2) is 4.98 Å². The fourth-order valence-corrected chi connectivity index (χ4v) is 5.63. The van der Waals surface area contributed by atoms with Gasteiger partial charge in [-0.2, -0.15) is 18.4 Å². The van der Waals surface area contributed by atoms with Crippen molar-refractivity contribution in [1.82, 2.24) is 4.98 Å². The van der Waals surface area contributed by atoms with Crippen molar-refractivity contribution in [2.75, 3.05) is 29.9 Å². The highest BCUT2D eigenvalue weighted by Crippen LogP contribution is 2.48. The fraction of sp³-hybridized carbons (Fsp3) is 0.440. The topological polar surface area (TPSA) is 92.5 Å². The third-order valence-electron chi connectivity index (χ3n) is 7.38. The monoisotopic (exact) mass is 531 g/mol. The number of hydrogen-bond acceptors (Lipinski definition) is 6. The molecule has 5 rings (SSSR count). The molecule has 3 fully saturated rings. The molecule has 2 aromatic rings. The van der Waals surface area contributed by atoms with Gasteiger partial charge in [0.15, 0.2) is 10.8 Å². The van der Waals surface area contributed by atoms with Crippen molar-refractivity contribution in [3.05, 3.63) is 53.0 Å². The van der Waals surface area contributed by atoms with Crippen LogP contribution in [0.3, 0.4) is 0 Å². The third kappa shape index (κ3) is 4.41. The van der Waals surface area contributed by atoms with Gasteiger partial charge in [0, 0.05) is 18.5 Å². The zero-order valence-corrected chi connectivity index (χ0v) is 20.8. The van der Waals surface area contributed by atoms with E-state index >= 15 is 0 Å². The molecule has 0 bridgehead atoms. The molecule has 37 heavy (non-hydrogen) atoms. The predicted molar refractivity (Wildman–Crippen MR) is 132 cm³/mol. The van der Waals surface area contributed by atoms with E-state index in [0.29, 0.717) is 50.2 Å². The summed E-state index contributed by atoms with van der Waals surface area (Å²) in [6, 6.07) is 9.27. The van der Waals surface area contributed by atoms with Crippen LogP contribution in [0, 0.1) is 16.5 Å². The van der Waals surface area contributed by atoms with Crippen molar-refractivity contribution in [3.8, 4) is 11.8 Å². The number of pyridine rings is 1. The lowest BCUT2D eigenvalue weighted by molar-refractivity contribution is -0.866. The second-order valence-corrected chi connectivity index (χ2v) is 10.3. The van der Waals surface area contributed by atoms with Crippen molar-refractivity contribution >= 4 is 34.6 Å². The number of likely N-dealkylation sites (tertiary alicyclic amines) is 1. The molecular formula is C25H24F3N5O3S. The predicted octanol–water partition coefficient (Wildman–Crippen LogP) is 4.52. The summed E-state index contributed by atoms with van der Waals surface area (Å²) in [5, 5.41) is 21.2. The van der Waals surface area contributed by atoms with Crippen LogP contribution in [0.4, 0.5) is 24.5 Å². The summed E-state index contributed by atoms with van der Waals surface area (Å²) in [6.45, 7) is 0.983. The van der Waals surface area contributed by atoms with Crippen molar-refractivity contribution < 1.29 is 27.3 Å². The van der Waals surface area contributed by atoms with Gasteiger partial charge in [-0.05, 0) is 61.8 Å². The molecule has 1 amide bonds. The van der Waals surface area contributed by atoms with Crippen molar-refractivity contribution in [2.45, 2.75) is 49.9 Å². The lowest BCUT2D eigenvalue weighted by atomic mass is 9.75. The highest BCUT2D eigenvalue weighted by atomic mass is 32.1. The molecule has 3 aliphatic rings. The number of thiocarbonyl (C=S) groups is 1. The number of hydroxylamine groups is 3. The Hall–Kier alpha value is -3.27. The first kappa shape index (κ1) is 25.4. The number of piperidine rings is 1. The molecule has 0 atom stereocenters. The summed E-state index contributed by atoms with van der Waals surface area (Å²) < 4.78 is 46.4. The second kappa shape index (κ2) is 8.93. The van der Waals surface area contributed by atoms with Gasteiger partial charge in [0.2, 0.25) is 0 Å². The Bertz CT molecular complexity index is 1280. The van der Waals surface area contributed by atoms with E-state index < -0.39 is 28.9 Å². The van der Waals surface area contributed by atoms with Gasteiger partial charge in [-0.3, -0.25) is 9.69 Å². The van der Waals surface area contributed by atoms with Crippen LogP contribution in [-0.2, 0) is 11.0 Å². The molecule has 8 nitrogen and oxygen atoms in total. The summed E-state index contributed by atoms with van der Waals surface area (Å²) in [7, 11) is 1.66. The Labute approximate surface area is 217 Å². The van der Waals surface area contributed by atoms with Gasteiger partial charge in [0.1, 0.15) is 23.5 Å². The molecule has 3 heterocycles.